The molecule has 11 heteroatoms. The standard InChI is InChI=1S/C23H34Cl2N4O2.C9H8Cl2O/c1-16-4-3-10-29(23(16)30)18-7-11-28(12-8-18)13-9-19(22(15-26)27-31-2)17-5-6-20(24)21(25)14-17;1-2-9(12)6-3-7(10)5-8(11)4-6/h5-6,14,16,18-19H,3-4,7-13,15,26H2,1-2H3;3-5H,2H2,1H3/b27-22+;. The maximum atomic E-state index is 12.6. The van der Waals surface area contributed by atoms with Crippen molar-refractivity contribution < 1.29 is 14.4 Å². The van der Waals surface area contributed by atoms with Gasteiger partial charge in [-0.25, -0.2) is 0 Å². The Kier molecular flexibility index (Phi) is 14.6. The Hall–Kier alpha value is -1.87. The molecule has 2 aromatic carbocycles. The number of amides is 1. The number of carbonyl (C=O) groups is 2. The second kappa shape index (κ2) is 17.6. The van der Waals surface area contributed by atoms with Crippen molar-refractivity contribution in [2.75, 3.05) is 39.8 Å². The van der Waals surface area contributed by atoms with Gasteiger partial charge in [0.2, 0.25) is 5.91 Å². The van der Waals surface area contributed by atoms with Crippen LogP contribution in [0.1, 0.15) is 74.2 Å². The van der Waals surface area contributed by atoms with Gasteiger partial charge in [0.15, 0.2) is 5.78 Å². The van der Waals surface area contributed by atoms with Crippen molar-refractivity contribution in [2.24, 2.45) is 16.8 Å². The van der Waals surface area contributed by atoms with Crippen LogP contribution < -0.4 is 5.73 Å². The van der Waals surface area contributed by atoms with E-state index in [2.05, 4.69) is 21.9 Å². The van der Waals surface area contributed by atoms with Gasteiger partial charge in [-0.2, -0.15) is 0 Å². The Morgan fingerprint density at radius 3 is 2.28 bits per heavy atom. The Balaban J connectivity index is 0.000000353. The normalized spacial score (nSPS) is 19.1. The molecule has 236 valence electrons. The summed E-state index contributed by atoms with van der Waals surface area (Å²) in [5.74, 6) is 0.586. The summed E-state index contributed by atoms with van der Waals surface area (Å²) in [5, 5.41) is 6.24. The lowest BCUT2D eigenvalue weighted by molar-refractivity contribution is -0.141. The first-order valence-electron chi connectivity index (χ1n) is 14.8. The molecular weight excluding hydrogens is 630 g/mol. The predicted molar refractivity (Wildman–Crippen MR) is 178 cm³/mol. The van der Waals surface area contributed by atoms with Crippen LogP contribution in [0.4, 0.5) is 0 Å². The fourth-order valence-corrected chi connectivity index (χ4v) is 6.58. The van der Waals surface area contributed by atoms with Crippen molar-refractivity contribution in [2.45, 2.75) is 64.3 Å². The van der Waals surface area contributed by atoms with Crippen molar-refractivity contribution in [1.82, 2.24) is 9.80 Å². The first kappa shape index (κ1) is 35.6. The van der Waals surface area contributed by atoms with E-state index in [0.717, 1.165) is 69.6 Å². The maximum Gasteiger partial charge on any atom is 0.225 e. The number of ketones is 1. The van der Waals surface area contributed by atoms with Gasteiger partial charge in [0.25, 0.3) is 0 Å². The number of Topliss-reactive ketones (excluding diaryl/α,β-unsaturated/α-hetero) is 1. The van der Waals surface area contributed by atoms with E-state index in [1.54, 1.807) is 25.1 Å². The second-order valence-corrected chi connectivity index (χ2v) is 12.8. The van der Waals surface area contributed by atoms with Crippen LogP contribution in [0.2, 0.25) is 20.1 Å². The van der Waals surface area contributed by atoms with Crippen molar-refractivity contribution in [1.29, 1.82) is 0 Å². The highest BCUT2D eigenvalue weighted by Crippen LogP contribution is 2.30. The molecule has 2 fully saturated rings. The lowest BCUT2D eigenvalue weighted by atomic mass is 9.90. The average Bonchev–Trinajstić information content (AvgIpc) is 2.99. The number of oxime groups is 1. The number of likely N-dealkylation sites (tertiary alicyclic amines) is 2. The van der Waals surface area contributed by atoms with E-state index < -0.39 is 0 Å². The van der Waals surface area contributed by atoms with Gasteiger partial charge in [0, 0.05) is 66.1 Å². The van der Waals surface area contributed by atoms with Gasteiger partial charge >= 0.3 is 0 Å². The third-order valence-corrected chi connectivity index (χ3v) is 9.32. The molecule has 2 aliphatic rings. The zero-order valence-corrected chi connectivity index (χ0v) is 28.2. The smallest absolute Gasteiger partial charge is 0.225 e. The summed E-state index contributed by atoms with van der Waals surface area (Å²) >= 11 is 23.8. The highest BCUT2D eigenvalue weighted by molar-refractivity contribution is 6.42. The number of halogens is 4. The van der Waals surface area contributed by atoms with Crippen molar-refractivity contribution >= 4 is 63.8 Å². The van der Waals surface area contributed by atoms with Crippen LogP contribution in [0.15, 0.2) is 41.6 Å². The summed E-state index contributed by atoms with van der Waals surface area (Å²) in [6.45, 7) is 8.01. The molecule has 2 heterocycles. The fraction of sp³-hybridized carbons (Fsp3) is 0.531. The summed E-state index contributed by atoms with van der Waals surface area (Å²) in [4.78, 5) is 33.4. The monoisotopic (exact) mass is 670 g/mol. The zero-order valence-electron chi connectivity index (χ0n) is 25.1. The van der Waals surface area contributed by atoms with E-state index in [4.69, 9.17) is 57.0 Å². The summed E-state index contributed by atoms with van der Waals surface area (Å²) in [6.07, 6.45) is 5.55. The molecule has 4 rings (SSSR count). The summed E-state index contributed by atoms with van der Waals surface area (Å²) in [5.41, 5.74) is 8.39. The number of rotatable bonds is 10. The Morgan fingerprint density at radius 2 is 1.70 bits per heavy atom. The van der Waals surface area contributed by atoms with Crippen molar-refractivity contribution in [3.8, 4) is 0 Å². The highest BCUT2D eigenvalue weighted by atomic mass is 35.5. The highest BCUT2D eigenvalue weighted by Gasteiger charge is 2.33. The van der Waals surface area contributed by atoms with Crippen LogP contribution in [0.5, 0.6) is 0 Å². The van der Waals surface area contributed by atoms with Crippen LogP contribution in [-0.4, -0.2) is 73.1 Å². The molecule has 2 aromatic rings. The largest absolute Gasteiger partial charge is 0.399 e. The average molecular weight is 673 g/mol. The van der Waals surface area contributed by atoms with Crippen molar-refractivity contribution in [3.63, 3.8) is 0 Å². The van der Waals surface area contributed by atoms with Gasteiger partial charge in [0.1, 0.15) is 7.11 Å². The number of nitrogens with two attached hydrogens (primary N) is 1. The first-order chi connectivity index (χ1) is 20.6. The number of nitrogens with zero attached hydrogens (tertiary/aromatic N) is 3. The molecule has 0 radical (unpaired) electrons. The molecule has 0 saturated carbocycles. The van der Waals surface area contributed by atoms with E-state index in [-0.39, 0.29) is 17.6 Å². The number of carbonyl (C=O) groups excluding carboxylic acids is 2. The third kappa shape index (κ3) is 10.3. The molecule has 0 spiro atoms. The SMILES string of the molecule is CCC(=O)c1cc(Cl)cc(Cl)c1.CO/N=C(\CN)C(CCN1CCC(N2CCCC(C)C2=O)CC1)c1ccc(Cl)c(Cl)c1. The molecule has 2 atom stereocenters. The van der Waals surface area contributed by atoms with Crippen LogP contribution in [0, 0.1) is 5.92 Å². The number of hydrogen-bond donors (Lipinski definition) is 1. The van der Waals surface area contributed by atoms with Crippen LogP contribution >= 0.6 is 46.4 Å². The topological polar surface area (TPSA) is 88.2 Å². The number of piperidine rings is 2. The molecule has 2 unspecified atom stereocenters. The zero-order chi connectivity index (χ0) is 31.5. The van der Waals surface area contributed by atoms with E-state index in [1.807, 2.05) is 18.2 Å². The molecule has 0 aliphatic carbocycles. The van der Waals surface area contributed by atoms with Crippen LogP contribution in [0.25, 0.3) is 0 Å². The molecular formula is C32H42Cl4N4O3. The summed E-state index contributed by atoms with van der Waals surface area (Å²) < 4.78 is 0. The fourth-order valence-electron chi connectivity index (χ4n) is 5.75. The van der Waals surface area contributed by atoms with Gasteiger partial charge in [-0.15, -0.1) is 0 Å². The summed E-state index contributed by atoms with van der Waals surface area (Å²) in [6, 6.07) is 10.9. The molecule has 0 bridgehead atoms. The van der Waals surface area contributed by atoms with Gasteiger partial charge in [-0.3, -0.25) is 9.59 Å². The minimum Gasteiger partial charge on any atom is -0.399 e. The molecule has 1 amide bonds. The summed E-state index contributed by atoms with van der Waals surface area (Å²) in [7, 11) is 1.54. The number of hydrogen-bond acceptors (Lipinski definition) is 6. The lowest BCUT2D eigenvalue weighted by Crippen LogP contribution is -2.51. The van der Waals surface area contributed by atoms with Crippen LogP contribution in [0.3, 0.4) is 0 Å². The van der Waals surface area contributed by atoms with Gasteiger partial charge in [-0.1, -0.05) is 71.5 Å². The second-order valence-electron chi connectivity index (χ2n) is 11.1. The third-order valence-electron chi connectivity index (χ3n) is 8.14. The van der Waals surface area contributed by atoms with Crippen LogP contribution in [-0.2, 0) is 9.63 Å². The van der Waals surface area contributed by atoms with Gasteiger partial charge < -0.3 is 20.4 Å². The van der Waals surface area contributed by atoms with Gasteiger partial charge in [0.05, 0.1) is 15.8 Å². The lowest BCUT2D eigenvalue weighted by Gasteiger charge is -2.42. The number of benzene rings is 2. The molecule has 7 nitrogen and oxygen atoms in total. The van der Waals surface area contributed by atoms with Gasteiger partial charge in [-0.05, 0) is 74.5 Å². The molecule has 43 heavy (non-hydrogen) atoms. The molecule has 2 aliphatic heterocycles. The minimum atomic E-state index is 0.0157. The Bertz CT molecular complexity index is 1250. The predicted octanol–water partition coefficient (Wildman–Crippen LogP) is 7.74. The van der Waals surface area contributed by atoms with E-state index in [1.165, 1.54) is 7.11 Å². The van der Waals surface area contributed by atoms with E-state index in [0.29, 0.717) is 50.6 Å². The molecule has 2 saturated heterocycles. The quantitative estimate of drug-likeness (QED) is 0.159. The molecule has 2 N–H and O–H groups in total. The van der Waals surface area contributed by atoms with E-state index in [9.17, 15) is 9.59 Å². The Labute approximate surface area is 275 Å². The molecule has 0 aromatic heterocycles. The first-order valence-corrected chi connectivity index (χ1v) is 16.4. The maximum absolute atomic E-state index is 12.6. The Morgan fingerprint density at radius 1 is 1.02 bits per heavy atom. The van der Waals surface area contributed by atoms with E-state index >= 15 is 0 Å². The minimum absolute atomic E-state index is 0.0157. The van der Waals surface area contributed by atoms with Crippen molar-refractivity contribution in [3.05, 3.63) is 67.6 Å².